The fourth-order valence-corrected chi connectivity index (χ4v) is 4.34. The second kappa shape index (κ2) is 8.23. The molecule has 1 aliphatic carbocycles. The number of Topliss-reactive ketones (excluding diaryl/α,β-unsaturated/α-hetero) is 1. The van der Waals surface area contributed by atoms with Crippen LogP contribution in [0.5, 0.6) is 5.75 Å². The second-order valence-electron chi connectivity index (χ2n) is 8.22. The summed E-state index contributed by atoms with van der Waals surface area (Å²) in [6.45, 7) is 3.81. The number of fused-ring (bicyclic) bond motifs is 1. The van der Waals surface area contributed by atoms with E-state index in [-0.39, 0.29) is 10.8 Å². The zero-order valence-electron chi connectivity index (χ0n) is 17.0. The van der Waals surface area contributed by atoms with Gasteiger partial charge in [0.1, 0.15) is 0 Å². The number of anilines is 1. The number of phenolic OH excluding ortho intramolecular Hbond substituents is 1. The number of carbonyl (C=O) groups excluding carboxylic acids is 1. The van der Waals surface area contributed by atoms with E-state index in [0.717, 1.165) is 53.8 Å². The van der Waals surface area contributed by atoms with Gasteiger partial charge in [-0.25, -0.2) is 4.39 Å². The maximum Gasteiger partial charge on any atom is 0.170 e. The molecule has 1 aliphatic rings. The molecule has 1 saturated carbocycles. The molecule has 4 nitrogen and oxygen atoms in total. The lowest BCUT2D eigenvalue weighted by molar-refractivity contribution is 0.101. The molecule has 6 heteroatoms. The zero-order chi connectivity index (χ0) is 21.4. The van der Waals surface area contributed by atoms with E-state index < -0.39 is 11.6 Å². The number of hydrogen-bond donors (Lipinski definition) is 2. The first-order chi connectivity index (χ1) is 14.3. The molecule has 1 heterocycles. The van der Waals surface area contributed by atoms with Crippen LogP contribution in [0.25, 0.3) is 22.0 Å². The maximum absolute atomic E-state index is 14.0. The van der Waals surface area contributed by atoms with Gasteiger partial charge >= 0.3 is 0 Å². The summed E-state index contributed by atoms with van der Waals surface area (Å²) in [4.78, 5) is 16.8. The minimum atomic E-state index is -0.775. The van der Waals surface area contributed by atoms with E-state index in [0.29, 0.717) is 17.2 Å². The van der Waals surface area contributed by atoms with Crippen LogP contribution in [0.4, 0.5) is 10.1 Å². The van der Waals surface area contributed by atoms with Crippen LogP contribution in [-0.4, -0.2) is 21.9 Å². The first-order valence-electron chi connectivity index (χ1n) is 10.2. The molecule has 3 aromatic rings. The normalized spacial score (nSPS) is 19.1. The summed E-state index contributed by atoms with van der Waals surface area (Å²) in [6, 6.07) is 8.65. The lowest BCUT2D eigenvalue weighted by Gasteiger charge is -2.29. The van der Waals surface area contributed by atoms with E-state index in [9.17, 15) is 14.3 Å². The quantitative estimate of drug-likeness (QED) is 0.462. The molecule has 0 aliphatic heterocycles. The summed E-state index contributed by atoms with van der Waals surface area (Å²) in [6.07, 6.45) is 6.05. The summed E-state index contributed by atoms with van der Waals surface area (Å²) in [5, 5.41) is 14.0. The highest BCUT2D eigenvalue weighted by Crippen LogP contribution is 2.36. The molecular weight excluding hydrogens is 403 g/mol. The van der Waals surface area contributed by atoms with Crippen molar-refractivity contribution in [3.8, 4) is 16.9 Å². The van der Waals surface area contributed by atoms with Crippen molar-refractivity contribution in [3.63, 3.8) is 0 Å². The minimum absolute atomic E-state index is 0.0459. The molecule has 156 valence electrons. The summed E-state index contributed by atoms with van der Waals surface area (Å²) in [5.41, 5.74) is 3.35. The summed E-state index contributed by atoms with van der Waals surface area (Å²) in [7, 11) is 0. The van der Waals surface area contributed by atoms with Gasteiger partial charge in [0.25, 0.3) is 0 Å². The summed E-state index contributed by atoms with van der Waals surface area (Å²) < 4.78 is 14.0. The van der Waals surface area contributed by atoms with Gasteiger partial charge in [0, 0.05) is 17.6 Å². The van der Waals surface area contributed by atoms with Crippen molar-refractivity contribution >= 4 is 34.0 Å². The molecule has 4 rings (SSSR count). The molecule has 0 bridgehead atoms. The molecule has 0 atom stereocenters. The molecule has 0 saturated heterocycles. The lowest BCUT2D eigenvalue weighted by atomic mass is 9.87. The largest absolute Gasteiger partial charge is 0.504 e. The predicted octanol–water partition coefficient (Wildman–Crippen LogP) is 6.59. The van der Waals surface area contributed by atoms with E-state index in [2.05, 4.69) is 17.2 Å². The lowest BCUT2D eigenvalue weighted by Crippen LogP contribution is -2.26. The van der Waals surface area contributed by atoms with Gasteiger partial charge < -0.3 is 10.4 Å². The van der Waals surface area contributed by atoms with E-state index in [1.165, 1.54) is 19.1 Å². The van der Waals surface area contributed by atoms with Crippen LogP contribution < -0.4 is 5.32 Å². The van der Waals surface area contributed by atoms with Gasteiger partial charge in [0.15, 0.2) is 17.3 Å². The number of rotatable bonds is 4. The SMILES string of the molecule is CC(=O)c1cnc2ccc(-c3cc(F)c(O)c(Cl)c3)cc2c1N[C@H]1CC[C@H](C)CC1. The molecule has 0 spiro atoms. The average Bonchev–Trinajstić information content (AvgIpc) is 2.73. The van der Waals surface area contributed by atoms with E-state index in [1.54, 1.807) is 6.20 Å². The van der Waals surface area contributed by atoms with Gasteiger partial charge in [-0.05, 0) is 73.9 Å². The third-order valence-corrected chi connectivity index (χ3v) is 6.25. The van der Waals surface area contributed by atoms with Gasteiger partial charge in [0.2, 0.25) is 0 Å². The number of ketones is 1. The number of benzene rings is 2. The Hall–Kier alpha value is -2.66. The fourth-order valence-electron chi connectivity index (χ4n) is 4.14. The van der Waals surface area contributed by atoms with Crippen molar-refractivity contribution < 1.29 is 14.3 Å². The number of pyridine rings is 1. The molecular formula is C24H24ClFN2O2. The van der Waals surface area contributed by atoms with Crippen molar-refractivity contribution in [2.75, 3.05) is 5.32 Å². The van der Waals surface area contributed by atoms with Crippen molar-refractivity contribution in [1.82, 2.24) is 4.98 Å². The number of halogens is 2. The highest BCUT2D eigenvalue weighted by Gasteiger charge is 2.21. The molecule has 0 radical (unpaired) electrons. The highest BCUT2D eigenvalue weighted by molar-refractivity contribution is 6.32. The van der Waals surface area contributed by atoms with Crippen LogP contribution in [0.2, 0.25) is 5.02 Å². The number of nitrogens with zero attached hydrogens (tertiary/aromatic N) is 1. The van der Waals surface area contributed by atoms with Gasteiger partial charge in [0.05, 0.1) is 21.8 Å². The van der Waals surface area contributed by atoms with Crippen molar-refractivity contribution in [2.24, 2.45) is 5.92 Å². The first kappa shape index (κ1) is 20.6. The van der Waals surface area contributed by atoms with Crippen LogP contribution in [-0.2, 0) is 0 Å². The standard InChI is InChI=1S/C24H24ClFN2O2/c1-13-3-6-17(7-4-13)28-23-18-9-15(16-10-20(25)24(30)21(26)11-16)5-8-22(18)27-12-19(23)14(2)29/h5,8-13,17,30H,3-4,6-7H2,1-2H3,(H,27,28)/t13-,17-. The highest BCUT2D eigenvalue weighted by atomic mass is 35.5. The number of aromatic hydroxyl groups is 1. The van der Waals surface area contributed by atoms with Crippen LogP contribution in [0.15, 0.2) is 36.5 Å². The Morgan fingerprint density at radius 3 is 2.57 bits per heavy atom. The monoisotopic (exact) mass is 426 g/mol. The third-order valence-electron chi connectivity index (χ3n) is 5.96. The van der Waals surface area contributed by atoms with Crippen LogP contribution in [0.3, 0.4) is 0 Å². The molecule has 1 aromatic heterocycles. The van der Waals surface area contributed by atoms with Crippen LogP contribution in [0, 0.1) is 11.7 Å². The van der Waals surface area contributed by atoms with Gasteiger partial charge in [-0.2, -0.15) is 0 Å². The number of aromatic nitrogens is 1. The average molecular weight is 427 g/mol. The molecule has 30 heavy (non-hydrogen) atoms. The van der Waals surface area contributed by atoms with Crippen molar-refractivity contribution in [3.05, 3.63) is 52.9 Å². The third kappa shape index (κ3) is 3.99. The maximum atomic E-state index is 14.0. The molecule has 0 amide bonds. The first-order valence-corrected chi connectivity index (χ1v) is 10.6. The van der Waals surface area contributed by atoms with Crippen LogP contribution in [0.1, 0.15) is 49.9 Å². The smallest absolute Gasteiger partial charge is 0.170 e. The number of carbonyl (C=O) groups is 1. The molecule has 2 N–H and O–H groups in total. The van der Waals surface area contributed by atoms with E-state index in [1.807, 2.05) is 18.2 Å². The topological polar surface area (TPSA) is 62.2 Å². The Morgan fingerprint density at radius 1 is 1.17 bits per heavy atom. The summed E-state index contributed by atoms with van der Waals surface area (Å²) in [5.74, 6) is -0.663. The zero-order valence-corrected chi connectivity index (χ0v) is 17.8. The number of phenols is 1. The Balaban J connectivity index is 1.82. The molecule has 1 fully saturated rings. The fraction of sp³-hybridized carbons (Fsp3) is 0.333. The number of hydrogen-bond acceptors (Lipinski definition) is 4. The molecule has 2 aromatic carbocycles. The minimum Gasteiger partial charge on any atom is -0.504 e. The Bertz CT molecular complexity index is 1100. The second-order valence-corrected chi connectivity index (χ2v) is 8.63. The van der Waals surface area contributed by atoms with Gasteiger partial charge in [-0.15, -0.1) is 0 Å². The van der Waals surface area contributed by atoms with Crippen LogP contribution >= 0.6 is 11.6 Å². The number of nitrogens with one attached hydrogen (secondary N) is 1. The van der Waals surface area contributed by atoms with E-state index in [4.69, 9.17) is 11.6 Å². The Kier molecular flexibility index (Phi) is 5.65. The Labute approximate surface area is 180 Å². The van der Waals surface area contributed by atoms with Crippen molar-refractivity contribution in [2.45, 2.75) is 45.6 Å². The van der Waals surface area contributed by atoms with Gasteiger partial charge in [-0.1, -0.05) is 24.6 Å². The summed E-state index contributed by atoms with van der Waals surface area (Å²) >= 11 is 5.97. The molecule has 0 unspecified atom stereocenters. The van der Waals surface area contributed by atoms with E-state index >= 15 is 0 Å². The Morgan fingerprint density at radius 2 is 1.90 bits per heavy atom. The predicted molar refractivity (Wildman–Crippen MR) is 119 cm³/mol. The van der Waals surface area contributed by atoms with Crippen molar-refractivity contribution in [1.29, 1.82) is 0 Å². The van der Waals surface area contributed by atoms with Gasteiger partial charge in [-0.3, -0.25) is 9.78 Å².